The number of nitrogens with one attached hydrogen (secondary N) is 1. The molecule has 0 aliphatic carbocycles. The van der Waals surface area contributed by atoms with Crippen molar-refractivity contribution in [2.24, 2.45) is 0 Å². The Bertz CT molecular complexity index is 664. The second-order valence-corrected chi connectivity index (χ2v) is 5.91. The first kappa shape index (κ1) is 16.3. The van der Waals surface area contributed by atoms with Gasteiger partial charge in [-0.2, -0.15) is 5.10 Å². The van der Waals surface area contributed by atoms with Crippen LogP contribution in [0.5, 0.6) is 0 Å². The van der Waals surface area contributed by atoms with Crippen molar-refractivity contribution in [1.82, 2.24) is 10.2 Å². The summed E-state index contributed by atoms with van der Waals surface area (Å²) in [5, 5.41) is 11.7. The summed E-state index contributed by atoms with van der Waals surface area (Å²) in [6, 6.07) is 3.23. The molecule has 1 atom stereocenters. The Morgan fingerprint density at radius 1 is 0.909 bits per heavy atom. The molecule has 0 bridgehead atoms. The fraction of sp³-hybridized carbons (Fsp3) is 0.412. The molecule has 0 radical (unpaired) electrons. The van der Waals surface area contributed by atoms with Crippen molar-refractivity contribution < 1.29 is 8.78 Å². The van der Waals surface area contributed by atoms with Gasteiger partial charge in [0, 0.05) is 6.07 Å². The summed E-state index contributed by atoms with van der Waals surface area (Å²) in [6.45, 7) is 9.96. The van der Waals surface area contributed by atoms with Crippen LogP contribution in [-0.4, -0.2) is 10.2 Å². The molecule has 0 spiro atoms. The third kappa shape index (κ3) is 3.40. The maximum atomic E-state index is 13.3. The largest absolute Gasteiger partial charge is 0.362 e. The lowest BCUT2D eigenvalue weighted by molar-refractivity contribution is 0.577. The van der Waals surface area contributed by atoms with E-state index in [1.54, 1.807) is 0 Å². The van der Waals surface area contributed by atoms with Crippen LogP contribution in [0.25, 0.3) is 0 Å². The van der Waals surface area contributed by atoms with Crippen LogP contribution in [-0.2, 0) is 0 Å². The van der Waals surface area contributed by atoms with Gasteiger partial charge in [-0.15, -0.1) is 5.10 Å². The number of rotatable bonds is 4. The lowest BCUT2D eigenvalue weighted by Crippen LogP contribution is -2.13. The Morgan fingerprint density at radius 3 is 2.05 bits per heavy atom. The minimum Gasteiger partial charge on any atom is -0.362 e. The first-order valence-electron chi connectivity index (χ1n) is 7.36. The van der Waals surface area contributed by atoms with Crippen molar-refractivity contribution in [2.75, 3.05) is 5.32 Å². The van der Waals surface area contributed by atoms with Gasteiger partial charge in [-0.3, -0.25) is 0 Å². The minimum atomic E-state index is -0.585. The van der Waals surface area contributed by atoms with Gasteiger partial charge in [0.1, 0.15) is 11.6 Å². The van der Waals surface area contributed by atoms with Crippen molar-refractivity contribution in [1.29, 1.82) is 0 Å². The number of nitrogens with zero attached hydrogens (tertiary/aromatic N) is 2. The molecule has 1 aromatic carbocycles. The van der Waals surface area contributed by atoms with Gasteiger partial charge in [0.05, 0.1) is 11.7 Å². The Hall–Kier alpha value is -2.04. The summed E-state index contributed by atoms with van der Waals surface area (Å²) in [4.78, 5) is 0. The zero-order valence-corrected chi connectivity index (χ0v) is 13.5. The van der Waals surface area contributed by atoms with E-state index in [0.717, 1.165) is 22.9 Å². The molecule has 0 saturated heterocycles. The fourth-order valence-corrected chi connectivity index (χ4v) is 2.42. The molecule has 22 heavy (non-hydrogen) atoms. The molecule has 0 aliphatic rings. The van der Waals surface area contributed by atoms with Crippen molar-refractivity contribution in [2.45, 2.75) is 46.6 Å². The lowest BCUT2D eigenvalue weighted by atomic mass is 10.0. The highest BCUT2D eigenvalue weighted by Gasteiger charge is 2.15. The third-order valence-electron chi connectivity index (χ3n) is 3.84. The summed E-state index contributed by atoms with van der Waals surface area (Å²) in [7, 11) is 0. The van der Waals surface area contributed by atoms with E-state index >= 15 is 0 Å². The van der Waals surface area contributed by atoms with Crippen LogP contribution in [0.15, 0.2) is 18.2 Å². The Labute approximate surface area is 129 Å². The number of halogens is 2. The summed E-state index contributed by atoms with van der Waals surface area (Å²) in [5.74, 6) is -0.232. The zero-order valence-electron chi connectivity index (χ0n) is 13.5. The topological polar surface area (TPSA) is 37.8 Å². The van der Waals surface area contributed by atoms with Gasteiger partial charge in [-0.25, -0.2) is 8.78 Å². The molecule has 0 aliphatic heterocycles. The molecule has 0 saturated carbocycles. The van der Waals surface area contributed by atoms with Crippen molar-refractivity contribution in [3.05, 3.63) is 52.2 Å². The van der Waals surface area contributed by atoms with Crippen LogP contribution < -0.4 is 5.32 Å². The third-order valence-corrected chi connectivity index (χ3v) is 3.84. The van der Waals surface area contributed by atoms with Crippen LogP contribution in [0.1, 0.15) is 55.1 Å². The summed E-state index contributed by atoms with van der Waals surface area (Å²) >= 11 is 0. The van der Waals surface area contributed by atoms with Gasteiger partial charge in [0.15, 0.2) is 5.82 Å². The van der Waals surface area contributed by atoms with Crippen molar-refractivity contribution in [3.63, 3.8) is 0 Å². The number of benzene rings is 1. The summed E-state index contributed by atoms with van der Waals surface area (Å²) < 4.78 is 26.6. The predicted molar refractivity (Wildman–Crippen MR) is 84.0 cm³/mol. The number of hydrogen-bond donors (Lipinski definition) is 1. The Balaban J connectivity index is 2.28. The lowest BCUT2D eigenvalue weighted by Gasteiger charge is -2.19. The average Bonchev–Trinajstić information content (AvgIpc) is 2.42. The van der Waals surface area contributed by atoms with Crippen LogP contribution in [0.2, 0.25) is 0 Å². The highest BCUT2D eigenvalue weighted by molar-refractivity contribution is 5.49. The predicted octanol–water partition coefficient (Wildman–Crippen LogP) is 4.67. The number of anilines is 1. The van der Waals surface area contributed by atoms with Gasteiger partial charge in [-0.05, 0) is 55.5 Å². The standard InChI is InChI=1S/C17H21F2N3/c1-9(2)16-10(3)11(4)17(22-21-16)20-12(5)13-6-14(18)8-15(19)7-13/h6-9,12H,1-5H3,(H,20,22)/t12-/m0/s1. The van der Waals surface area contributed by atoms with E-state index in [9.17, 15) is 8.78 Å². The average molecular weight is 305 g/mol. The Morgan fingerprint density at radius 2 is 1.50 bits per heavy atom. The molecule has 1 N–H and O–H groups in total. The molecule has 118 valence electrons. The van der Waals surface area contributed by atoms with Gasteiger partial charge in [0.25, 0.3) is 0 Å². The monoisotopic (exact) mass is 305 g/mol. The van der Waals surface area contributed by atoms with Crippen LogP contribution in [0, 0.1) is 25.5 Å². The molecule has 0 fully saturated rings. The smallest absolute Gasteiger partial charge is 0.152 e. The van der Waals surface area contributed by atoms with E-state index in [-0.39, 0.29) is 6.04 Å². The van der Waals surface area contributed by atoms with Crippen molar-refractivity contribution in [3.8, 4) is 0 Å². The maximum Gasteiger partial charge on any atom is 0.152 e. The van der Waals surface area contributed by atoms with E-state index in [1.807, 2.05) is 20.8 Å². The quantitative estimate of drug-likeness (QED) is 0.892. The first-order valence-corrected chi connectivity index (χ1v) is 7.36. The molecule has 0 unspecified atom stereocenters. The highest BCUT2D eigenvalue weighted by atomic mass is 19.1. The van der Waals surface area contributed by atoms with Gasteiger partial charge in [-0.1, -0.05) is 13.8 Å². The number of aromatic nitrogens is 2. The molecule has 3 nitrogen and oxygen atoms in total. The molecular formula is C17H21F2N3. The Kier molecular flexibility index (Phi) is 4.74. The molecule has 5 heteroatoms. The molecule has 0 amide bonds. The minimum absolute atomic E-state index is 0.275. The zero-order chi connectivity index (χ0) is 16.4. The van der Waals surface area contributed by atoms with E-state index in [2.05, 4.69) is 29.4 Å². The van der Waals surface area contributed by atoms with E-state index in [4.69, 9.17) is 0 Å². The SMILES string of the molecule is Cc1c(N[C@@H](C)c2cc(F)cc(F)c2)nnc(C(C)C)c1C. The van der Waals surface area contributed by atoms with E-state index in [1.165, 1.54) is 12.1 Å². The maximum absolute atomic E-state index is 13.3. The molecule has 1 heterocycles. The van der Waals surface area contributed by atoms with Crippen LogP contribution in [0.4, 0.5) is 14.6 Å². The van der Waals surface area contributed by atoms with E-state index in [0.29, 0.717) is 17.3 Å². The molecular weight excluding hydrogens is 284 g/mol. The first-order chi connectivity index (χ1) is 10.3. The van der Waals surface area contributed by atoms with Gasteiger partial charge >= 0.3 is 0 Å². The molecule has 1 aromatic heterocycles. The van der Waals surface area contributed by atoms with Crippen LogP contribution in [0.3, 0.4) is 0 Å². The normalized spacial score (nSPS) is 12.5. The summed E-state index contributed by atoms with van der Waals surface area (Å²) in [5.41, 5.74) is 3.59. The molecule has 2 rings (SSSR count). The molecule has 2 aromatic rings. The second-order valence-electron chi connectivity index (χ2n) is 5.91. The summed E-state index contributed by atoms with van der Waals surface area (Å²) in [6.07, 6.45) is 0. The number of hydrogen-bond acceptors (Lipinski definition) is 3. The van der Waals surface area contributed by atoms with Gasteiger partial charge in [0.2, 0.25) is 0 Å². The van der Waals surface area contributed by atoms with Crippen molar-refractivity contribution >= 4 is 5.82 Å². The second kappa shape index (κ2) is 6.38. The van der Waals surface area contributed by atoms with E-state index < -0.39 is 11.6 Å². The van der Waals surface area contributed by atoms with Gasteiger partial charge < -0.3 is 5.32 Å². The van der Waals surface area contributed by atoms with Crippen LogP contribution >= 0.6 is 0 Å². The highest BCUT2D eigenvalue weighted by Crippen LogP contribution is 2.26. The fourth-order valence-electron chi connectivity index (χ4n) is 2.42.